The van der Waals surface area contributed by atoms with E-state index in [4.69, 9.17) is 9.47 Å². The van der Waals surface area contributed by atoms with Gasteiger partial charge in [-0.3, -0.25) is 4.98 Å². The van der Waals surface area contributed by atoms with E-state index in [2.05, 4.69) is 32.8 Å². The van der Waals surface area contributed by atoms with Crippen molar-refractivity contribution in [3.63, 3.8) is 0 Å². The number of rotatable bonds is 8. The highest BCUT2D eigenvalue weighted by atomic mass is 79.9. The third kappa shape index (κ3) is 4.58. The normalized spacial score (nSPS) is 10.3. The summed E-state index contributed by atoms with van der Waals surface area (Å²) >= 11 is 3.55. The summed E-state index contributed by atoms with van der Waals surface area (Å²) in [5, 5.41) is 3.26. The Balaban J connectivity index is 2.11. The van der Waals surface area contributed by atoms with Gasteiger partial charge in [-0.25, -0.2) is 0 Å². The van der Waals surface area contributed by atoms with E-state index in [9.17, 15) is 0 Å². The van der Waals surface area contributed by atoms with Gasteiger partial charge in [0.2, 0.25) is 0 Å². The number of halogens is 1. The quantitative estimate of drug-likeness (QED) is 0.574. The molecular formula is C17H19BrN2O2. The van der Waals surface area contributed by atoms with Gasteiger partial charge in [0.25, 0.3) is 0 Å². The predicted octanol–water partition coefficient (Wildman–Crippen LogP) is 3.71. The van der Waals surface area contributed by atoms with Crippen molar-refractivity contribution >= 4 is 15.9 Å². The SMILES string of the molecule is C=CCNCc1cc(Br)c(OCc2cccnc2)c(OC)c1. The summed E-state index contributed by atoms with van der Waals surface area (Å²) in [4.78, 5) is 4.08. The fraction of sp³-hybridized carbons (Fsp3) is 0.235. The summed E-state index contributed by atoms with van der Waals surface area (Å²) in [6.07, 6.45) is 5.36. The Kier molecular flexibility index (Phi) is 6.43. The number of nitrogens with zero attached hydrogens (tertiary/aromatic N) is 1. The molecule has 0 unspecified atom stereocenters. The molecule has 1 aromatic carbocycles. The Labute approximate surface area is 139 Å². The lowest BCUT2D eigenvalue weighted by molar-refractivity contribution is 0.282. The molecule has 0 saturated heterocycles. The fourth-order valence-corrected chi connectivity index (χ4v) is 2.58. The summed E-state index contributed by atoms with van der Waals surface area (Å²) < 4.78 is 12.2. The molecule has 0 fully saturated rings. The highest BCUT2D eigenvalue weighted by Gasteiger charge is 2.12. The van der Waals surface area contributed by atoms with Gasteiger partial charge < -0.3 is 14.8 Å². The van der Waals surface area contributed by atoms with Crippen molar-refractivity contribution in [1.29, 1.82) is 0 Å². The van der Waals surface area contributed by atoms with Gasteiger partial charge in [-0.1, -0.05) is 12.1 Å². The van der Waals surface area contributed by atoms with Gasteiger partial charge in [0.1, 0.15) is 6.61 Å². The molecule has 0 bridgehead atoms. The summed E-state index contributed by atoms with van der Waals surface area (Å²) in [6, 6.07) is 7.86. The van der Waals surface area contributed by atoms with Gasteiger partial charge >= 0.3 is 0 Å². The molecule has 2 aromatic rings. The van der Waals surface area contributed by atoms with Crippen LogP contribution in [-0.4, -0.2) is 18.6 Å². The number of hydrogen-bond donors (Lipinski definition) is 1. The summed E-state index contributed by atoms with van der Waals surface area (Å²) in [6.45, 7) is 5.63. The van der Waals surface area contributed by atoms with Crippen molar-refractivity contribution < 1.29 is 9.47 Å². The van der Waals surface area contributed by atoms with Crippen LogP contribution in [0, 0.1) is 0 Å². The van der Waals surface area contributed by atoms with Gasteiger partial charge in [-0.2, -0.15) is 0 Å². The molecular weight excluding hydrogens is 344 g/mol. The maximum Gasteiger partial charge on any atom is 0.175 e. The topological polar surface area (TPSA) is 43.4 Å². The van der Waals surface area contributed by atoms with Crippen LogP contribution < -0.4 is 14.8 Å². The molecule has 1 aromatic heterocycles. The Morgan fingerprint density at radius 2 is 2.23 bits per heavy atom. The molecule has 1 N–H and O–H groups in total. The first kappa shape index (κ1) is 16.5. The van der Waals surface area contributed by atoms with E-state index in [-0.39, 0.29) is 0 Å². The number of pyridine rings is 1. The number of hydrogen-bond acceptors (Lipinski definition) is 4. The van der Waals surface area contributed by atoms with Gasteiger partial charge in [-0.05, 0) is 39.7 Å². The molecule has 116 valence electrons. The molecule has 0 saturated carbocycles. The van der Waals surface area contributed by atoms with E-state index < -0.39 is 0 Å². The van der Waals surface area contributed by atoms with Crippen LogP contribution in [0.25, 0.3) is 0 Å². The largest absolute Gasteiger partial charge is 0.493 e. The van der Waals surface area contributed by atoms with Crippen LogP contribution in [0.5, 0.6) is 11.5 Å². The number of nitrogens with one attached hydrogen (secondary N) is 1. The number of ether oxygens (including phenoxy) is 2. The van der Waals surface area contributed by atoms with Crippen molar-refractivity contribution in [3.8, 4) is 11.5 Å². The second-order valence-corrected chi connectivity index (χ2v) is 5.53. The van der Waals surface area contributed by atoms with Crippen LogP contribution in [0.3, 0.4) is 0 Å². The Hall–Kier alpha value is -1.85. The third-order valence-electron chi connectivity index (χ3n) is 3.01. The molecule has 2 rings (SSSR count). The summed E-state index contributed by atoms with van der Waals surface area (Å²) in [7, 11) is 1.64. The van der Waals surface area contributed by atoms with Crippen LogP contribution in [-0.2, 0) is 13.2 Å². The van der Waals surface area contributed by atoms with E-state index in [1.54, 1.807) is 19.5 Å². The van der Waals surface area contributed by atoms with E-state index in [0.717, 1.165) is 28.7 Å². The molecule has 4 nitrogen and oxygen atoms in total. The molecule has 0 amide bonds. The molecule has 0 spiro atoms. The van der Waals surface area contributed by atoms with Crippen LogP contribution in [0.4, 0.5) is 0 Å². The molecule has 22 heavy (non-hydrogen) atoms. The molecule has 0 atom stereocenters. The van der Waals surface area contributed by atoms with Crippen molar-refractivity contribution in [2.45, 2.75) is 13.2 Å². The van der Waals surface area contributed by atoms with E-state index in [1.165, 1.54) is 0 Å². The van der Waals surface area contributed by atoms with Crippen LogP contribution in [0.15, 0.2) is 53.8 Å². The highest BCUT2D eigenvalue weighted by molar-refractivity contribution is 9.10. The number of aromatic nitrogens is 1. The van der Waals surface area contributed by atoms with Gasteiger partial charge in [0.05, 0.1) is 11.6 Å². The van der Waals surface area contributed by atoms with E-state index in [0.29, 0.717) is 18.1 Å². The second-order valence-electron chi connectivity index (χ2n) is 4.68. The predicted molar refractivity (Wildman–Crippen MR) is 91.2 cm³/mol. The Morgan fingerprint density at radius 1 is 1.36 bits per heavy atom. The second kappa shape index (κ2) is 8.56. The highest BCUT2D eigenvalue weighted by Crippen LogP contribution is 2.37. The third-order valence-corrected chi connectivity index (χ3v) is 3.60. The zero-order chi connectivity index (χ0) is 15.8. The van der Waals surface area contributed by atoms with Gasteiger partial charge in [0.15, 0.2) is 11.5 Å². The molecule has 0 radical (unpaired) electrons. The van der Waals surface area contributed by atoms with Crippen LogP contribution in [0.1, 0.15) is 11.1 Å². The van der Waals surface area contributed by atoms with Gasteiger partial charge in [-0.15, -0.1) is 6.58 Å². The average molecular weight is 363 g/mol. The van der Waals surface area contributed by atoms with Crippen LogP contribution in [0.2, 0.25) is 0 Å². The van der Waals surface area contributed by atoms with Crippen molar-refractivity contribution in [1.82, 2.24) is 10.3 Å². The van der Waals surface area contributed by atoms with Crippen molar-refractivity contribution in [3.05, 3.63) is 64.9 Å². The minimum Gasteiger partial charge on any atom is -0.493 e. The Bertz CT molecular complexity index is 618. The zero-order valence-corrected chi connectivity index (χ0v) is 14.1. The summed E-state index contributed by atoms with van der Waals surface area (Å²) in [5.41, 5.74) is 2.12. The molecule has 0 aliphatic heterocycles. The zero-order valence-electron chi connectivity index (χ0n) is 12.5. The molecule has 5 heteroatoms. The lowest BCUT2D eigenvalue weighted by Gasteiger charge is -2.14. The average Bonchev–Trinajstić information content (AvgIpc) is 2.54. The first-order valence-electron chi connectivity index (χ1n) is 6.94. The minimum absolute atomic E-state index is 0.441. The first-order chi connectivity index (χ1) is 10.7. The lowest BCUT2D eigenvalue weighted by atomic mass is 10.2. The smallest absolute Gasteiger partial charge is 0.175 e. The standard InChI is InChI=1S/C17H19BrN2O2/c1-3-6-19-11-14-8-15(18)17(16(9-14)21-2)22-12-13-5-4-7-20-10-13/h3-5,7-10,19H,1,6,11-12H2,2H3. The van der Waals surface area contributed by atoms with Crippen LogP contribution >= 0.6 is 15.9 Å². The Morgan fingerprint density at radius 3 is 2.91 bits per heavy atom. The monoisotopic (exact) mass is 362 g/mol. The minimum atomic E-state index is 0.441. The first-order valence-corrected chi connectivity index (χ1v) is 7.73. The maximum absolute atomic E-state index is 5.88. The molecule has 0 aliphatic carbocycles. The number of benzene rings is 1. The summed E-state index contributed by atoms with van der Waals surface area (Å²) in [5.74, 6) is 1.40. The van der Waals surface area contributed by atoms with E-state index in [1.807, 2.05) is 30.3 Å². The molecule has 1 heterocycles. The van der Waals surface area contributed by atoms with E-state index >= 15 is 0 Å². The fourth-order valence-electron chi connectivity index (χ4n) is 1.97. The lowest BCUT2D eigenvalue weighted by Crippen LogP contribution is -2.12. The van der Waals surface area contributed by atoms with Gasteiger partial charge in [0, 0.05) is 31.0 Å². The van der Waals surface area contributed by atoms with Crippen molar-refractivity contribution in [2.24, 2.45) is 0 Å². The number of methoxy groups -OCH3 is 1. The molecule has 0 aliphatic rings. The maximum atomic E-state index is 5.88. The van der Waals surface area contributed by atoms with Crippen molar-refractivity contribution in [2.75, 3.05) is 13.7 Å².